The summed E-state index contributed by atoms with van der Waals surface area (Å²) in [5.41, 5.74) is 0.628. The monoisotopic (exact) mass is 336 g/mol. The van der Waals surface area contributed by atoms with Gasteiger partial charge >= 0.3 is 5.97 Å². The van der Waals surface area contributed by atoms with Gasteiger partial charge in [-0.15, -0.1) is 0 Å². The van der Waals surface area contributed by atoms with Gasteiger partial charge in [0.15, 0.2) is 0 Å². The Bertz CT molecular complexity index is 762. The lowest BCUT2D eigenvalue weighted by Crippen LogP contribution is -2.36. The second-order valence-corrected chi connectivity index (χ2v) is 6.74. The van der Waals surface area contributed by atoms with Gasteiger partial charge in [0, 0.05) is 12.6 Å². The summed E-state index contributed by atoms with van der Waals surface area (Å²) in [6, 6.07) is 1.55. The molecule has 2 aromatic heterocycles. The maximum atomic E-state index is 12.1. The van der Waals surface area contributed by atoms with E-state index in [4.69, 9.17) is 4.74 Å². The highest BCUT2D eigenvalue weighted by molar-refractivity contribution is 7.16. The largest absolute Gasteiger partial charge is 0.469 e. The first-order valence-corrected chi connectivity index (χ1v) is 8.61. The number of aryl methyl sites for hydroxylation is 1. The zero-order valence-corrected chi connectivity index (χ0v) is 14.1. The van der Waals surface area contributed by atoms with Gasteiger partial charge in [0.25, 0.3) is 5.56 Å². The Morgan fingerprint density at radius 3 is 2.83 bits per heavy atom. The van der Waals surface area contributed by atoms with E-state index >= 15 is 0 Å². The van der Waals surface area contributed by atoms with Crippen molar-refractivity contribution >= 4 is 22.3 Å². The van der Waals surface area contributed by atoms with Crippen LogP contribution < -0.4 is 5.56 Å². The van der Waals surface area contributed by atoms with Crippen LogP contribution in [-0.2, 0) is 22.5 Å². The van der Waals surface area contributed by atoms with Crippen molar-refractivity contribution in [3.8, 4) is 0 Å². The van der Waals surface area contributed by atoms with Crippen molar-refractivity contribution in [2.45, 2.75) is 32.7 Å². The number of fused-ring (bicyclic) bond motifs is 1. The molecule has 0 atom stereocenters. The molecule has 1 saturated heterocycles. The maximum absolute atomic E-state index is 12.1. The summed E-state index contributed by atoms with van der Waals surface area (Å²) in [4.78, 5) is 31.1. The van der Waals surface area contributed by atoms with Crippen LogP contribution >= 0.6 is 11.3 Å². The molecule has 0 spiro atoms. The van der Waals surface area contributed by atoms with Crippen LogP contribution in [0.2, 0.25) is 0 Å². The fraction of sp³-hybridized carbons (Fsp3) is 0.600. The number of hydrogen-bond donors (Lipinski definition) is 0. The Morgan fingerprint density at radius 2 is 2.17 bits per heavy atom. The van der Waals surface area contributed by atoms with E-state index in [9.17, 15) is 9.59 Å². The van der Waals surface area contributed by atoms with Gasteiger partial charge in [-0.2, -0.15) is 9.61 Å². The summed E-state index contributed by atoms with van der Waals surface area (Å²) in [7, 11) is 1.43. The molecule has 0 N–H and O–H groups in total. The maximum Gasteiger partial charge on any atom is 0.308 e. The quantitative estimate of drug-likeness (QED) is 0.778. The van der Waals surface area contributed by atoms with Gasteiger partial charge in [-0.1, -0.05) is 18.3 Å². The lowest BCUT2D eigenvalue weighted by atomic mass is 9.97. The fourth-order valence-corrected chi connectivity index (χ4v) is 3.70. The van der Waals surface area contributed by atoms with E-state index in [1.165, 1.54) is 23.0 Å². The predicted octanol–water partition coefficient (Wildman–Crippen LogP) is 1.10. The first-order valence-electron chi connectivity index (χ1n) is 7.79. The number of ether oxygens (including phenoxy) is 1. The molecule has 0 bridgehead atoms. The number of rotatable bonds is 4. The molecule has 0 saturated carbocycles. The van der Waals surface area contributed by atoms with E-state index in [1.54, 1.807) is 6.07 Å². The summed E-state index contributed by atoms with van der Waals surface area (Å²) in [5, 5.41) is 5.16. The lowest BCUT2D eigenvalue weighted by molar-refractivity contribution is -0.147. The molecule has 0 aliphatic carbocycles. The van der Waals surface area contributed by atoms with Crippen molar-refractivity contribution in [2.75, 3.05) is 20.2 Å². The van der Waals surface area contributed by atoms with Gasteiger partial charge in [-0.3, -0.25) is 14.5 Å². The molecule has 0 aromatic carbocycles. The van der Waals surface area contributed by atoms with Crippen molar-refractivity contribution < 1.29 is 9.53 Å². The molecule has 3 heterocycles. The number of carbonyl (C=O) groups excluding carboxylic acids is 1. The average Bonchev–Trinajstić information content (AvgIpc) is 2.98. The Kier molecular flexibility index (Phi) is 4.72. The molecule has 0 amide bonds. The number of carbonyl (C=O) groups is 1. The fourth-order valence-electron chi connectivity index (χ4n) is 2.84. The zero-order valence-electron chi connectivity index (χ0n) is 13.3. The number of esters is 1. The molecule has 0 radical (unpaired) electrons. The number of methoxy groups -OCH3 is 1. The molecule has 1 fully saturated rings. The third-order valence-electron chi connectivity index (χ3n) is 4.15. The summed E-state index contributed by atoms with van der Waals surface area (Å²) >= 11 is 1.46. The van der Waals surface area contributed by atoms with Crippen LogP contribution in [0.1, 0.15) is 30.5 Å². The molecule has 1 aliphatic heterocycles. The molecule has 7 nitrogen and oxygen atoms in total. The third-order valence-corrected chi connectivity index (χ3v) is 5.20. The second kappa shape index (κ2) is 6.76. The molecule has 0 unspecified atom stereocenters. The first kappa shape index (κ1) is 16.1. The van der Waals surface area contributed by atoms with Crippen LogP contribution in [-0.4, -0.2) is 45.7 Å². The van der Waals surface area contributed by atoms with E-state index in [0.29, 0.717) is 11.5 Å². The lowest BCUT2D eigenvalue weighted by Gasteiger charge is -2.30. The molecule has 1 aliphatic rings. The summed E-state index contributed by atoms with van der Waals surface area (Å²) < 4.78 is 6.17. The smallest absolute Gasteiger partial charge is 0.308 e. The van der Waals surface area contributed by atoms with E-state index in [1.807, 2.05) is 6.92 Å². The van der Waals surface area contributed by atoms with E-state index in [-0.39, 0.29) is 17.4 Å². The zero-order chi connectivity index (χ0) is 16.4. The third kappa shape index (κ3) is 3.42. The number of aromatic nitrogens is 3. The number of likely N-dealkylation sites (tertiary alicyclic amines) is 1. The van der Waals surface area contributed by atoms with Gasteiger partial charge in [0.05, 0.1) is 18.7 Å². The van der Waals surface area contributed by atoms with Crippen molar-refractivity contribution in [2.24, 2.45) is 5.92 Å². The van der Waals surface area contributed by atoms with E-state index in [2.05, 4.69) is 15.0 Å². The average molecular weight is 336 g/mol. The van der Waals surface area contributed by atoms with Crippen LogP contribution in [0.3, 0.4) is 0 Å². The van der Waals surface area contributed by atoms with Gasteiger partial charge in [-0.05, 0) is 32.4 Å². The molecular formula is C15H20N4O3S. The summed E-state index contributed by atoms with van der Waals surface area (Å²) in [6.07, 6.45) is 2.37. The molecule has 124 valence electrons. The van der Waals surface area contributed by atoms with E-state index < -0.39 is 0 Å². The SMILES string of the molecule is CCc1nn2c(=O)cc(CN3CCC(C(=O)OC)CC3)nc2s1. The van der Waals surface area contributed by atoms with Crippen molar-refractivity contribution in [3.63, 3.8) is 0 Å². The van der Waals surface area contributed by atoms with Gasteiger partial charge in [0.1, 0.15) is 5.01 Å². The molecule has 23 heavy (non-hydrogen) atoms. The van der Waals surface area contributed by atoms with Crippen LogP contribution in [0, 0.1) is 5.92 Å². The predicted molar refractivity (Wildman–Crippen MR) is 86.5 cm³/mol. The first-order chi connectivity index (χ1) is 11.1. The van der Waals surface area contributed by atoms with Crippen LogP contribution in [0.25, 0.3) is 4.96 Å². The standard InChI is InChI=1S/C15H20N4O3S/c1-3-12-17-19-13(20)8-11(16-15(19)23-12)9-18-6-4-10(5-7-18)14(21)22-2/h8,10H,3-7,9H2,1-2H3. The molecular weight excluding hydrogens is 316 g/mol. The number of piperidine rings is 1. The van der Waals surface area contributed by atoms with Crippen molar-refractivity contribution in [3.05, 3.63) is 27.1 Å². The Balaban J connectivity index is 1.70. The second-order valence-electron chi connectivity index (χ2n) is 5.70. The van der Waals surface area contributed by atoms with Crippen LogP contribution in [0.4, 0.5) is 0 Å². The van der Waals surface area contributed by atoms with Crippen LogP contribution in [0.5, 0.6) is 0 Å². The Hall–Kier alpha value is -1.80. The highest BCUT2D eigenvalue weighted by atomic mass is 32.1. The van der Waals surface area contributed by atoms with Crippen LogP contribution in [0.15, 0.2) is 10.9 Å². The normalized spacial score (nSPS) is 16.8. The summed E-state index contributed by atoms with van der Waals surface area (Å²) in [6.45, 7) is 4.25. The Morgan fingerprint density at radius 1 is 1.43 bits per heavy atom. The van der Waals surface area contributed by atoms with Crippen molar-refractivity contribution in [1.29, 1.82) is 0 Å². The van der Waals surface area contributed by atoms with Gasteiger partial charge < -0.3 is 4.74 Å². The topological polar surface area (TPSA) is 76.8 Å². The van der Waals surface area contributed by atoms with Crippen molar-refractivity contribution in [1.82, 2.24) is 19.5 Å². The highest BCUT2D eigenvalue weighted by Gasteiger charge is 2.25. The molecule has 3 rings (SSSR count). The van der Waals surface area contributed by atoms with Gasteiger partial charge in [-0.25, -0.2) is 4.98 Å². The van der Waals surface area contributed by atoms with Gasteiger partial charge in [0.2, 0.25) is 4.96 Å². The molecule has 2 aromatic rings. The number of hydrogen-bond acceptors (Lipinski definition) is 7. The minimum absolute atomic E-state index is 0.00840. The van der Waals surface area contributed by atoms with E-state index in [0.717, 1.165) is 43.1 Å². The Labute approximate surface area is 137 Å². The minimum Gasteiger partial charge on any atom is -0.469 e. The summed E-state index contributed by atoms with van der Waals surface area (Å²) in [5.74, 6) is -0.134. The number of nitrogens with zero attached hydrogens (tertiary/aromatic N) is 4. The highest BCUT2D eigenvalue weighted by Crippen LogP contribution is 2.20. The minimum atomic E-state index is -0.134. The molecule has 8 heteroatoms.